The number of ether oxygens (including phenoxy) is 1. The molecule has 0 heterocycles. The summed E-state index contributed by atoms with van der Waals surface area (Å²) in [6, 6.07) is 0. The Hall–Kier alpha value is -0.810. The monoisotopic (exact) mass is 301 g/mol. The fourth-order valence-corrected chi connectivity index (χ4v) is 1.70. The molecular weight excluding hydrogens is 266 g/mol. The first-order chi connectivity index (χ1) is 9.97. The van der Waals surface area contributed by atoms with Gasteiger partial charge in [0, 0.05) is 19.7 Å². The van der Waals surface area contributed by atoms with E-state index in [2.05, 4.69) is 29.5 Å². The fourth-order valence-electron chi connectivity index (χ4n) is 1.70. The van der Waals surface area contributed by atoms with E-state index >= 15 is 0 Å². The number of aliphatic hydroxyl groups is 1. The van der Waals surface area contributed by atoms with Crippen LogP contribution in [-0.4, -0.2) is 49.5 Å². The van der Waals surface area contributed by atoms with Crippen LogP contribution in [0.2, 0.25) is 0 Å². The first-order valence-electron chi connectivity index (χ1n) is 8.29. The highest BCUT2D eigenvalue weighted by molar-refractivity contribution is 5.79. The minimum Gasteiger partial charge on any atom is -0.388 e. The summed E-state index contributed by atoms with van der Waals surface area (Å²) in [6.45, 7) is 13.8. The van der Waals surface area contributed by atoms with Crippen LogP contribution in [0.25, 0.3) is 0 Å². The van der Waals surface area contributed by atoms with Gasteiger partial charge >= 0.3 is 0 Å². The van der Waals surface area contributed by atoms with E-state index in [1.807, 2.05) is 20.8 Å². The molecule has 0 saturated heterocycles. The third-order valence-electron chi connectivity index (χ3n) is 3.57. The minimum absolute atomic E-state index is 0.420. The summed E-state index contributed by atoms with van der Waals surface area (Å²) in [6.07, 6.45) is 2.52. The standard InChI is InChI=1S/C16H35N3O2/c1-6-16(20,7-2)13-19-15(17-8-3)18-10-12-21-11-9-14(4)5/h14,20H,6-13H2,1-5H3,(H2,17,18,19). The molecule has 0 atom stereocenters. The molecule has 0 radical (unpaired) electrons. The van der Waals surface area contributed by atoms with Gasteiger partial charge in [-0.15, -0.1) is 0 Å². The van der Waals surface area contributed by atoms with Crippen molar-refractivity contribution in [2.45, 2.75) is 59.5 Å². The molecule has 0 aromatic carbocycles. The van der Waals surface area contributed by atoms with E-state index in [9.17, 15) is 5.11 Å². The number of rotatable bonds is 11. The number of aliphatic imine (C=N–C) groups is 1. The van der Waals surface area contributed by atoms with Crippen molar-refractivity contribution in [1.29, 1.82) is 0 Å². The molecule has 0 spiro atoms. The Morgan fingerprint density at radius 2 is 1.81 bits per heavy atom. The van der Waals surface area contributed by atoms with Crippen LogP contribution in [0.3, 0.4) is 0 Å². The van der Waals surface area contributed by atoms with E-state index in [4.69, 9.17) is 4.74 Å². The van der Waals surface area contributed by atoms with E-state index in [1.165, 1.54) is 0 Å². The van der Waals surface area contributed by atoms with Crippen LogP contribution in [0.5, 0.6) is 0 Å². The molecule has 126 valence electrons. The average Bonchev–Trinajstić information content (AvgIpc) is 2.47. The molecule has 5 nitrogen and oxygen atoms in total. The van der Waals surface area contributed by atoms with Crippen LogP contribution in [0.4, 0.5) is 0 Å². The van der Waals surface area contributed by atoms with Crippen molar-refractivity contribution in [2.24, 2.45) is 10.9 Å². The van der Waals surface area contributed by atoms with Crippen molar-refractivity contribution in [2.75, 3.05) is 32.8 Å². The lowest BCUT2D eigenvalue weighted by molar-refractivity contribution is 0.0418. The number of hydrogen-bond donors (Lipinski definition) is 3. The van der Waals surface area contributed by atoms with Crippen LogP contribution in [0, 0.1) is 5.92 Å². The van der Waals surface area contributed by atoms with Crippen molar-refractivity contribution in [1.82, 2.24) is 10.6 Å². The van der Waals surface area contributed by atoms with Gasteiger partial charge in [-0.2, -0.15) is 0 Å². The molecular formula is C16H35N3O2. The zero-order chi connectivity index (χ0) is 16.1. The molecule has 21 heavy (non-hydrogen) atoms. The summed E-state index contributed by atoms with van der Waals surface area (Å²) in [5.41, 5.74) is -0.698. The zero-order valence-electron chi connectivity index (χ0n) is 14.5. The van der Waals surface area contributed by atoms with Crippen LogP contribution in [0.15, 0.2) is 4.99 Å². The van der Waals surface area contributed by atoms with Crippen LogP contribution >= 0.6 is 0 Å². The molecule has 0 aromatic heterocycles. The molecule has 5 heteroatoms. The molecule has 0 aromatic rings. The van der Waals surface area contributed by atoms with Crippen molar-refractivity contribution in [3.63, 3.8) is 0 Å². The molecule has 0 aliphatic rings. The number of nitrogens with zero attached hydrogens (tertiary/aromatic N) is 1. The molecule has 0 fully saturated rings. The number of nitrogens with one attached hydrogen (secondary N) is 2. The third-order valence-corrected chi connectivity index (χ3v) is 3.57. The summed E-state index contributed by atoms with van der Waals surface area (Å²) in [5, 5.41) is 16.7. The molecule has 0 bridgehead atoms. The van der Waals surface area contributed by atoms with Gasteiger partial charge in [0.25, 0.3) is 0 Å². The van der Waals surface area contributed by atoms with Gasteiger partial charge in [0.2, 0.25) is 0 Å². The molecule has 0 aliphatic heterocycles. The van der Waals surface area contributed by atoms with Crippen molar-refractivity contribution >= 4 is 5.96 Å². The SMILES string of the molecule is CCNC(=NCC(O)(CC)CC)NCCOCCC(C)C. The van der Waals surface area contributed by atoms with Gasteiger partial charge in [-0.1, -0.05) is 27.7 Å². The first-order valence-corrected chi connectivity index (χ1v) is 8.29. The molecule has 0 rings (SSSR count). The van der Waals surface area contributed by atoms with Gasteiger partial charge in [0.15, 0.2) is 5.96 Å². The van der Waals surface area contributed by atoms with Crippen molar-refractivity contribution in [3.05, 3.63) is 0 Å². The Balaban J connectivity index is 4.06. The van der Waals surface area contributed by atoms with Gasteiger partial charge in [-0.25, -0.2) is 0 Å². The quantitative estimate of drug-likeness (QED) is 0.311. The molecule has 0 amide bonds. The van der Waals surface area contributed by atoms with Crippen LogP contribution < -0.4 is 10.6 Å². The average molecular weight is 301 g/mol. The van der Waals surface area contributed by atoms with Gasteiger partial charge < -0.3 is 20.5 Å². The van der Waals surface area contributed by atoms with E-state index < -0.39 is 5.60 Å². The minimum atomic E-state index is -0.698. The van der Waals surface area contributed by atoms with E-state index in [-0.39, 0.29) is 0 Å². The summed E-state index contributed by atoms with van der Waals surface area (Å²) >= 11 is 0. The van der Waals surface area contributed by atoms with Gasteiger partial charge in [-0.05, 0) is 32.1 Å². The first kappa shape index (κ1) is 20.2. The highest BCUT2D eigenvalue weighted by atomic mass is 16.5. The Bertz CT molecular complexity index is 277. The largest absolute Gasteiger partial charge is 0.388 e. The summed E-state index contributed by atoms with van der Waals surface area (Å²) < 4.78 is 5.57. The molecule has 0 saturated carbocycles. The second-order valence-corrected chi connectivity index (χ2v) is 5.85. The maximum absolute atomic E-state index is 10.3. The molecule has 3 N–H and O–H groups in total. The second-order valence-electron chi connectivity index (χ2n) is 5.85. The fraction of sp³-hybridized carbons (Fsp3) is 0.938. The Morgan fingerprint density at radius 1 is 1.14 bits per heavy atom. The topological polar surface area (TPSA) is 65.9 Å². The van der Waals surface area contributed by atoms with Crippen molar-refractivity contribution in [3.8, 4) is 0 Å². The Kier molecular flexibility index (Phi) is 11.4. The number of guanidine groups is 1. The van der Waals surface area contributed by atoms with Gasteiger partial charge in [0.05, 0.1) is 18.8 Å². The van der Waals surface area contributed by atoms with Gasteiger partial charge in [-0.3, -0.25) is 4.99 Å². The smallest absolute Gasteiger partial charge is 0.191 e. The van der Waals surface area contributed by atoms with E-state index in [0.717, 1.165) is 32.1 Å². The summed E-state index contributed by atoms with van der Waals surface area (Å²) in [7, 11) is 0. The van der Waals surface area contributed by atoms with E-state index in [0.29, 0.717) is 31.9 Å². The zero-order valence-corrected chi connectivity index (χ0v) is 14.5. The maximum atomic E-state index is 10.3. The Morgan fingerprint density at radius 3 is 2.33 bits per heavy atom. The highest BCUT2D eigenvalue weighted by Crippen LogP contribution is 2.14. The predicted octanol–water partition coefficient (Wildman–Crippen LogP) is 2.16. The molecule has 0 aliphatic carbocycles. The Labute approximate surface area is 130 Å². The lowest BCUT2D eigenvalue weighted by atomic mass is 9.98. The third kappa shape index (κ3) is 10.5. The predicted molar refractivity (Wildman–Crippen MR) is 89.8 cm³/mol. The summed E-state index contributed by atoms with van der Waals surface area (Å²) in [5.74, 6) is 1.42. The normalized spacial score (nSPS) is 12.8. The highest BCUT2D eigenvalue weighted by Gasteiger charge is 2.21. The van der Waals surface area contributed by atoms with Crippen molar-refractivity contribution < 1.29 is 9.84 Å². The van der Waals surface area contributed by atoms with Crippen LogP contribution in [-0.2, 0) is 4.74 Å². The van der Waals surface area contributed by atoms with Crippen LogP contribution in [0.1, 0.15) is 53.9 Å². The lowest BCUT2D eigenvalue weighted by Gasteiger charge is -2.23. The lowest BCUT2D eigenvalue weighted by Crippen LogP contribution is -2.41. The molecule has 0 unspecified atom stereocenters. The van der Waals surface area contributed by atoms with E-state index in [1.54, 1.807) is 0 Å². The summed E-state index contributed by atoms with van der Waals surface area (Å²) in [4.78, 5) is 4.46. The maximum Gasteiger partial charge on any atom is 0.191 e. The van der Waals surface area contributed by atoms with Gasteiger partial charge in [0.1, 0.15) is 0 Å². The second kappa shape index (κ2) is 11.8. The number of hydrogen-bond acceptors (Lipinski definition) is 3.